The van der Waals surface area contributed by atoms with E-state index in [2.05, 4.69) is 0 Å². The zero-order valence-electron chi connectivity index (χ0n) is 8.77. The van der Waals surface area contributed by atoms with Crippen LogP contribution in [-0.4, -0.2) is 24.3 Å². The van der Waals surface area contributed by atoms with Gasteiger partial charge in [-0.15, -0.1) is 0 Å². The van der Waals surface area contributed by atoms with E-state index in [1.165, 1.54) is 0 Å². The maximum atomic E-state index is 10.4. The Morgan fingerprint density at radius 1 is 1.33 bits per heavy atom. The Balaban J connectivity index is 2.53. The van der Waals surface area contributed by atoms with E-state index >= 15 is 0 Å². The van der Waals surface area contributed by atoms with Gasteiger partial charge in [-0.2, -0.15) is 0 Å². The molecule has 0 heterocycles. The Bertz CT molecular complexity index is 318. The molecule has 0 saturated carbocycles. The minimum absolute atomic E-state index is 0.00791. The first-order valence-electron chi connectivity index (χ1n) is 4.64. The lowest BCUT2D eigenvalue weighted by molar-refractivity contribution is -0.138. The summed E-state index contributed by atoms with van der Waals surface area (Å²) in [4.78, 5) is 10.4. The van der Waals surface area contributed by atoms with Crippen LogP contribution in [0.15, 0.2) is 24.3 Å². The van der Waals surface area contributed by atoms with Crippen molar-refractivity contribution in [2.75, 3.05) is 7.11 Å². The Kier molecular flexibility index (Phi) is 3.97. The number of benzene rings is 1. The van der Waals surface area contributed by atoms with E-state index in [4.69, 9.17) is 14.6 Å². The molecule has 4 heteroatoms. The number of rotatable bonds is 5. The predicted molar refractivity (Wildman–Crippen MR) is 55.3 cm³/mol. The largest absolute Gasteiger partial charge is 0.497 e. The molecule has 0 aliphatic carbocycles. The van der Waals surface area contributed by atoms with Gasteiger partial charge in [0.15, 0.2) is 0 Å². The first-order valence-corrected chi connectivity index (χ1v) is 4.64. The normalized spacial score (nSPS) is 11.9. The molecule has 0 radical (unpaired) electrons. The summed E-state index contributed by atoms with van der Waals surface area (Å²) in [6.07, 6.45) is -0.345. The Hall–Kier alpha value is -1.71. The third-order valence-electron chi connectivity index (χ3n) is 1.86. The summed E-state index contributed by atoms with van der Waals surface area (Å²) in [5.74, 6) is 0.522. The topological polar surface area (TPSA) is 55.8 Å². The predicted octanol–water partition coefficient (Wildman–Crippen LogP) is 1.94. The van der Waals surface area contributed by atoms with Gasteiger partial charge in [0.25, 0.3) is 0 Å². The molecule has 15 heavy (non-hydrogen) atoms. The molecule has 0 amide bonds. The average molecular weight is 210 g/mol. The fourth-order valence-electron chi connectivity index (χ4n) is 1.17. The highest BCUT2D eigenvalue weighted by atomic mass is 16.5. The van der Waals surface area contributed by atoms with E-state index in [9.17, 15) is 4.79 Å². The van der Waals surface area contributed by atoms with E-state index in [0.717, 1.165) is 5.75 Å². The van der Waals surface area contributed by atoms with Crippen LogP contribution in [-0.2, 0) is 4.79 Å². The maximum Gasteiger partial charge on any atom is 0.307 e. The van der Waals surface area contributed by atoms with Crippen molar-refractivity contribution in [2.45, 2.75) is 19.4 Å². The molecule has 1 aromatic rings. The van der Waals surface area contributed by atoms with Crippen molar-refractivity contribution in [3.63, 3.8) is 0 Å². The van der Waals surface area contributed by atoms with Crippen LogP contribution in [0.5, 0.6) is 11.5 Å². The van der Waals surface area contributed by atoms with Gasteiger partial charge in [0.1, 0.15) is 17.6 Å². The van der Waals surface area contributed by atoms with E-state index < -0.39 is 5.97 Å². The molecule has 0 unspecified atom stereocenters. The number of carboxylic acid groups (broad SMARTS) is 1. The monoisotopic (exact) mass is 210 g/mol. The number of methoxy groups -OCH3 is 1. The summed E-state index contributed by atoms with van der Waals surface area (Å²) >= 11 is 0. The van der Waals surface area contributed by atoms with Crippen molar-refractivity contribution in [2.24, 2.45) is 0 Å². The van der Waals surface area contributed by atoms with Crippen molar-refractivity contribution in [3.05, 3.63) is 24.3 Å². The van der Waals surface area contributed by atoms with E-state index in [0.29, 0.717) is 5.75 Å². The average Bonchev–Trinajstić information content (AvgIpc) is 2.17. The molecule has 1 rings (SSSR count). The van der Waals surface area contributed by atoms with Gasteiger partial charge >= 0.3 is 5.97 Å². The number of carboxylic acids is 1. The fraction of sp³-hybridized carbons (Fsp3) is 0.364. The van der Waals surface area contributed by atoms with Crippen LogP contribution in [0.4, 0.5) is 0 Å². The Morgan fingerprint density at radius 3 is 2.33 bits per heavy atom. The van der Waals surface area contributed by atoms with E-state index in [1.807, 2.05) is 0 Å². The number of hydrogen-bond donors (Lipinski definition) is 1. The quantitative estimate of drug-likeness (QED) is 0.806. The molecular formula is C11H14O4. The number of carbonyl (C=O) groups is 1. The molecule has 0 bridgehead atoms. The van der Waals surface area contributed by atoms with Gasteiger partial charge in [0, 0.05) is 0 Å². The van der Waals surface area contributed by atoms with Crippen LogP contribution in [0.2, 0.25) is 0 Å². The van der Waals surface area contributed by atoms with Crippen LogP contribution in [0.3, 0.4) is 0 Å². The lowest BCUT2D eigenvalue weighted by Gasteiger charge is -2.12. The Labute approximate surface area is 88.4 Å². The zero-order chi connectivity index (χ0) is 11.3. The van der Waals surface area contributed by atoms with Crippen LogP contribution < -0.4 is 9.47 Å². The van der Waals surface area contributed by atoms with Gasteiger partial charge < -0.3 is 14.6 Å². The molecule has 4 nitrogen and oxygen atoms in total. The van der Waals surface area contributed by atoms with Gasteiger partial charge in [0.2, 0.25) is 0 Å². The summed E-state index contributed by atoms with van der Waals surface area (Å²) in [5, 5.41) is 8.54. The second kappa shape index (κ2) is 5.24. The maximum absolute atomic E-state index is 10.4. The van der Waals surface area contributed by atoms with Crippen LogP contribution in [0.1, 0.15) is 13.3 Å². The highest BCUT2D eigenvalue weighted by molar-refractivity contribution is 5.67. The first-order chi connectivity index (χ1) is 7.11. The summed E-state index contributed by atoms with van der Waals surface area (Å²) in [7, 11) is 1.59. The van der Waals surface area contributed by atoms with Gasteiger partial charge in [-0.25, -0.2) is 0 Å². The van der Waals surface area contributed by atoms with E-state index in [-0.39, 0.29) is 12.5 Å². The summed E-state index contributed by atoms with van der Waals surface area (Å²) in [6, 6.07) is 7.03. The summed E-state index contributed by atoms with van der Waals surface area (Å²) in [6.45, 7) is 1.72. The molecule has 0 fully saturated rings. The standard InChI is InChI=1S/C11H14O4/c1-8(7-11(12)13)15-10-5-3-9(14-2)4-6-10/h3-6,8H,7H2,1-2H3,(H,12,13)/t8-/m1/s1. The third-order valence-corrected chi connectivity index (χ3v) is 1.86. The lowest BCUT2D eigenvalue weighted by atomic mass is 10.3. The van der Waals surface area contributed by atoms with Crippen LogP contribution in [0.25, 0.3) is 0 Å². The molecular weight excluding hydrogens is 196 g/mol. The Morgan fingerprint density at radius 2 is 1.87 bits per heavy atom. The second-order valence-corrected chi connectivity index (χ2v) is 3.20. The molecule has 0 aromatic heterocycles. The molecule has 1 aromatic carbocycles. The van der Waals surface area contributed by atoms with Crippen molar-refractivity contribution >= 4 is 5.97 Å². The highest BCUT2D eigenvalue weighted by Gasteiger charge is 2.08. The van der Waals surface area contributed by atoms with Crippen molar-refractivity contribution in [3.8, 4) is 11.5 Å². The van der Waals surface area contributed by atoms with Crippen molar-refractivity contribution < 1.29 is 19.4 Å². The van der Waals surface area contributed by atoms with Crippen LogP contribution >= 0.6 is 0 Å². The minimum Gasteiger partial charge on any atom is -0.497 e. The van der Waals surface area contributed by atoms with Crippen molar-refractivity contribution in [1.82, 2.24) is 0 Å². The number of ether oxygens (including phenoxy) is 2. The molecule has 82 valence electrons. The highest BCUT2D eigenvalue weighted by Crippen LogP contribution is 2.18. The molecule has 0 aliphatic rings. The summed E-state index contributed by atoms with van der Waals surface area (Å²) < 4.78 is 10.4. The number of hydrogen-bond acceptors (Lipinski definition) is 3. The van der Waals surface area contributed by atoms with Gasteiger partial charge in [-0.3, -0.25) is 4.79 Å². The minimum atomic E-state index is -0.865. The van der Waals surface area contributed by atoms with Crippen LogP contribution in [0, 0.1) is 0 Å². The summed E-state index contributed by atoms with van der Waals surface area (Å²) in [5.41, 5.74) is 0. The van der Waals surface area contributed by atoms with E-state index in [1.54, 1.807) is 38.3 Å². The molecule has 0 saturated heterocycles. The molecule has 0 aliphatic heterocycles. The SMILES string of the molecule is COc1ccc(O[C@H](C)CC(=O)O)cc1. The first kappa shape index (κ1) is 11.4. The van der Waals surface area contributed by atoms with Gasteiger partial charge in [0.05, 0.1) is 13.5 Å². The second-order valence-electron chi connectivity index (χ2n) is 3.20. The smallest absolute Gasteiger partial charge is 0.307 e. The molecule has 0 spiro atoms. The zero-order valence-corrected chi connectivity index (χ0v) is 8.77. The van der Waals surface area contributed by atoms with Gasteiger partial charge in [-0.1, -0.05) is 0 Å². The fourth-order valence-corrected chi connectivity index (χ4v) is 1.17. The molecule has 1 atom stereocenters. The number of aliphatic carboxylic acids is 1. The third kappa shape index (κ3) is 3.89. The van der Waals surface area contributed by atoms with Crippen molar-refractivity contribution in [1.29, 1.82) is 0 Å². The molecule has 1 N–H and O–H groups in total. The lowest BCUT2D eigenvalue weighted by Crippen LogP contribution is -2.16. The van der Waals surface area contributed by atoms with Gasteiger partial charge in [-0.05, 0) is 31.2 Å².